The summed E-state index contributed by atoms with van der Waals surface area (Å²) >= 11 is 0. The van der Waals surface area contributed by atoms with Gasteiger partial charge in [-0.05, 0) is 31.1 Å². The lowest BCUT2D eigenvalue weighted by atomic mass is 10.1. The van der Waals surface area contributed by atoms with Crippen molar-refractivity contribution in [2.45, 2.75) is 20.8 Å². The van der Waals surface area contributed by atoms with Gasteiger partial charge in [0, 0.05) is 18.2 Å². The Morgan fingerprint density at radius 2 is 2.17 bits per heavy atom. The molecule has 18 heavy (non-hydrogen) atoms. The number of methoxy groups -OCH3 is 1. The Kier molecular flexibility index (Phi) is 5.43. The number of hydrogen-bond acceptors (Lipinski definition) is 2. The minimum atomic E-state index is -0.0766. The van der Waals surface area contributed by atoms with Gasteiger partial charge in [-0.3, -0.25) is 4.79 Å². The van der Waals surface area contributed by atoms with Crippen LogP contribution in [0.1, 0.15) is 25.0 Å². The van der Waals surface area contributed by atoms with Gasteiger partial charge in [-0.2, -0.15) is 0 Å². The van der Waals surface area contributed by atoms with Crippen LogP contribution >= 0.6 is 0 Å². The zero-order valence-corrected chi connectivity index (χ0v) is 11.5. The number of rotatable bonds is 5. The monoisotopic (exact) mass is 247 g/mol. The van der Waals surface area contributed by atoms with Crippen molar-refractivity contribution in [1.29, 1.82) is 0 Å². The van der Waals surface area contributed by atoms with E-state index in [9.17, 15) is 4.79 Å². The topological polar surface area (TPSA) is 38.3 Å². The van der Waals surface area contributed by atoms with Crippen LogP contribution in [-0.4, -0.2) is 19.6 Å². The number of carbonyl (C=O) groups excluding carboxylic acids is 1. The standard InChI is InChI=1S/C15H21NO2/c1-11(2)10-16-15(17)8-6-13-9-12(3)5-7-14(13)18-4/h5-9,11H,10H2,1-4H3,(H,16,17)/b8-6+. The first kappa shape index (κ1) is 14.3. The van der Waals surface area contributed by atoms with Gasteiger partial charge >= 0.3 is 0 Å². The van der Waals surface area contributed by atoms with Crippen molar-refractivity contribution in [2.24, 2.45) is 5.92 Å². The second-order valence-corrected chi connectivity index (χ2v) is 4.72. The fourth-order valence-electron chi connectivity index (χ4n) is 1.51. The van der Waals surface area contributed by atoms with E-state index in [1.165, 1.54) is 0 Å². The van der Waals surface area contributed by atoms with E-state index in [4.69, 9.17) is 4.74 Å². The summed E-state index contributed by atoms with van der Waals surface area (Å²) in [5.74, 6) is 1.15. The Bertz CT molecular complexity index is 436. The van der Waals surface area contributed by atoms with E-state index in [-0.39, 0.29) is 5.91 Å². The summed E-state index contributed by atoms with van der Waals surface area (Å²) in [7, 11) is 1.63. The molecule has 0 unspecified atom stereocenters. The number of hydrogen-bond donors (Lipinski definition) is 1. The molecule has 3 heteroatoms. The average Bonchev–Trinajstić information content (AvgIpc) is 2.34. The summed E-state index contributed by atoms with van der Waals surface area (Å²) in [6, 6.07) is 5.88. The van der Waals surface area contributed by atoms with Crippen LogP contribution in [-0.2, 0) is 4.79 Å². The molecule has 0 saturated carbocycles. The van der Waals surface area contributed by atoms with Gasteiger partial charge in [0.25, 0.3) is 0 Å². The molecule has 3 nitrogen and oxygen atoms in total. The van der Waals surface area contributed by atoms with Gasteiger partial charge in [0.1, 0.15) is 5.75 Å². The van der Waals surface area contributed by atoms with Crippen molar-refractivity contribution in [1.82, 2.24) is 5.32 Å². The van der Waals surface area contributed by atoms with Crippen molar-refractivity contribution >= 4 is 12.0 Å². The molecular weight excluding hydrogens is 226 g/mol. The molecule has 1 N–H and O–H groups in total. The van der Waals surface area contributed by atoms with Crippen LogP contribution < -0.4 is 10.1 Å². The van der Waals surface area contributed by atoms with Crippen molar-refractivity contribution < 1.29 is 9.53 Å². The summed E-state index contributed by atoms with van der Waals surface area (Å²) in [6.07, 6.45) is 3.32. The maximum atomic E-state index is 11.6. The molecule has 1 rings (SSSR count). The van der Waals surface area contributed by atoms with E-state index in [1.807, 2.05) is 25.1 Å². The summed E-state index contributed by atoms with van der Waals surface area (Å²) < 4.78 is 5.25. The van der Waals surface area contributed by atoms with Gasteiger partial charge in [-0.25, -0.2) is 0 Å². The Balaban J connectivity index is 2.71. The second-order valence-electron chi connectivity index (χ2n) is 4.72. The first-order chi connectivity index (χ1) is 8.52. The van der Waals surface area contributed by atoms with Crippen molar-refractivity contribution in [3.63, 3.8) is 0 Å². The molecule has 1 amide bonds. The molecule has 0 saturated heterocycles. The molecule has 98 valence electrons. The van der Waals surface area contributed by atoms with Crippen LogP contribution in [0.4, 0.5) is 0 Å². The SMILES string of the molecule is COc1ccc(C)cc1/C=C/C(=O)NCC(C)C. The molecule has 0 fully saturated rings. The second kappa shape index (κ2) is 6.84. The van der Waals surface area contributed by atoms with E-state index >= 15 is 0 Å². The third-order valence-corrected chi connectivity index (χ3v) is 2.48. The molecule has 0 aliphatic heterocycles. The van der Waals surface area contributed by atoms with Crippen LogP contribution in [0.15, 0.2) is 24.3 Å². The van der Waals surface area contributed by atoms with Gasteiger partial charge in [0.05, 0.1) is 7.11 Å². The molecule has 0 aromatic heterocycles. The first-order valence-electron chi connectivity index (χ1n) is 6.13. The number of carbonyl (C=O) groups is 1. The lowest BCUT2D eigenvalue weighted by Gasteiger charge is -2.06. The highest BCUT2D eigenvalue weighted by atomic mass is 16.5. The van der Waals surface area contributed by atoms with Crippen LogP contribution in [0.5, 0.6) is 5.75 Å². The van der Waals surface area contributed by atoms with Gasteiger partial charge < -0.3 is 10.1 Å². The van der Waals surface area contributed by atoms with E-state index in [1.54, 1.807) is 19.3 Å². The predicted octanol–water partition coefficient (Wildman–Crippen LogP) is 2.79. The normalized spacial score (nSPS) is 10.9. The molecule has 1 aromatic rings. The molecule has 0 atom stereocenters. The molecule has 0 spiro atoms. The third-order valence-electron chi connectivity index (χ3n) is 2.48. The smallest absolute Gasteiger partial charge is 0.244 e. The van der Waals surface area contributed by atoms with Crippen molar-refractivity contribution in [2.75, 3.05) is 13.7 Å². The van der Waals surface area contributed by atoms with E-state index in [2.05, 4.69) is 19.2 Å². The molecule has 0 aliphatic carbocycles. The highest BCUT2D eigenvalue weighted by Gasteiger charge is 2.01. The zero-order chi connectivity index (χ0) is 13.5. The highest BCUT2D eigenvalue weighted by Crippen LogP contribution is 2.20. The van der Waals surface area contributed by atoms with Crippen LogP contribution in [0.3, 0.4) is 0 Å². The third kappa shape index (κ3) is 4.62. The first-order valence-corrected chi connectivity index (χ1v) is 6.13. The van der Waals surface area contributed by atoms with Gasteiger partial charge in [0.2, 0.25) is 5.91 Å². The maximum absolute atomic E-state index is 11.6. The quantitative estimate of drug-likeness (QED) is 0.812. The van der Waals surface area contributed by atoms with E-state index < -0.39 is 0 Å². The Morgan fingerprint density at radius 3 is 2.78 bits per heavy atom. The summed E-state index contributed by atoms with van der Waals surface area (Å²) in [6.45, 7) is 6.82. The van der Waals surface area contributed by atoms with Crippen molar-refractivity contribution in [3.8, 4) is 5.75 Å². The summed E-state index contributed by atoms with van der Waals surface area (Å²) in [5, 5.41) is 2.84. The van der Waals surface area contributed by atoms with E-state index in [0.29, 0.717) is 12.5 Å². The molecular formula is C15H21NO2. The lowest BCUT2D eigenvalue weighted by Crippen LogP contribution is -2.25. The fraction of sp³-hybridized carbons (Fsp3) is 0.400. The van der Waals surface area contributed by atoms with Gasteiger partial charge in [0.15, 0.2) is 0 Å². The fourth-order valence-corrected chi connectivity index (χ4v) is 1.51. The Morgan fingerprint density at radius 1 is 1.44 bits per heavy atom. The lowest BCUT2D eigenvalue weighted by molar-refractivity contribution is -0.116. The Hall–Kier alpha value is -1.77. The average molecular weight is 247 g/mol. The molecule has 0 heterocycles. The summed E-state index contributed by atoms with van der Waals surface area (Å²) in [5.41, 5.74) is 2.05. The highest BCUT2D eigenvalue weighted by molar-refractivity contribution is 5.92. The largest absolute Gasteiger partial charge is 0.496 e. The predicted molar refractivity (Wildman–Crippen MR) is 74.6 cm³/mol. The number of aryl methyl sites for hydroxylation is 1. The number of ether oxygens (including phenoxy) is 1. The van der Waals surface area contributed by atoms with Crippen LogP contribution in [0.2, 0.25) is 0 Å². The molecule has 0 aliphatic rings. The number of amides is 1. The number of nitrogens with one attached hydrogen (secondary N) is 1. The summed E-state index contributed by atoms with van der Waals surface area (Å²) in [4.78, 5) is 11.6. The van der Waals surface area contributed by atoms with E-state index in [0.717, 1.165) is 16.9 Å². The number of benzene rings is 1. The van der Waals surface area contributed by atoms with Gasteiger partial charge in [-0.1, -0.05) is 25.5 Å². The minimum Gasteiger partial charge on any atom is -0.496 e. The van der Waals surface area contributed by atoms with Gasteiger partial charge in [-0.15, -0.1) is 0 Å². The van der Waals surface area contributed by atoms with Crippen LogP contribution in [0, 0.1) is 12.8 Å². The van der Waals surface area contributed by atoms with Crippen molar-refractivity contribution in [3.05, 3.63) is 35.4 Å². The molecule has 1 aromatic carbocycles. The minimum absolute atomic E-state index is 0.0766. The molecule has 0 bridgehead atoms. The Labute approximate surface area is 109 Å². The zero-order valence-electron chi connectivity index (χ0n) is 11.5. The maximum Gasteiger partial charge on any atom is 0.244 e. The van der Waals surface area contributed by atoms with Crippen LogP contribution in [0.25, 0.3) is 6.08 Å². The molecule has 0 radical (unpaired) electrons.